The Labute approximate surface area is 178 Å². The maximum absolute atomic E-state index is 12.7. The fourth-order valence-corrected chi connectivity index (χ4v) is 4.06. The molecule has 1 saturated heterocycles. The highest BCUT2D eigenvalue weighted by atomic mass is 16.2. The molecule has 1 aliphatic heterocycles. The van der Waals surface area contributed by atoms with E-state index >= 15 is 0 Å². The van der Waals surface area contributed by atoms with Crippen LogP contribution in [0.3, 0.4) is 0 Å². The van der Waals surface area contributed by atoms with Gasteiger partial charge in [-0.05, 0) is 30.5 Å². The molecular weight excluding hydrogens is 392 g/mol. The predicted octanol–water partition coefficient (Wildman–Crippen LogP) is 2.58. The van der Waals surface area contributed by atoms with Crippen molar-refractivity contribution in [1.29, 1.82) is 0 Å². The van der Waals surface area contributed by atoms with Crippen molar-refractivity contribution in [2.24, 2.45) is 0 Å². The number of likely N-dealkylation sites (tertiary alicyclic amines) is 1. The zero-order valence-corrected chi connectivity index (χ0v) is 16.9. The van der Waals surface area contributed by atoms with Crippen molar-refractivity contribution in [3.8, 4) is 0 Å². The van der Waals surface area contributed by atoms with E-state index in [1.165, 1.54) is 0 Å². The second-order valence-corrected chi connectivity index (χ2v) is 7.79. The largest absolute Gasteiger partial charge is 0.339 e. The number of rotatable bonds is 4. The first-order chi connectivity index (χ1) is 15.2. The number of H-pyrrole nitrogens is 1. The fourth-order valence-electron chi connectivity index (χ4n) is 4.06. The van der Waals surface area contributed by atoms with Gasteiger partial charge < -0.3 is 9.88 Å². The molecule has 1 N–H and O–H groups in total. The van der Waals surface area contributed by atoms with E-state index in [0.717, 1.165) is 18.4 Å². The molecule has 0 aliphatic carbocycles. The molecule has 8 heteroatoms. The quantitative estimate of drug-likeness (QED) is 0.554. The van der Waals surface area contributed by atoms with Gasteiger partial charge in [0.25, 0.3) is 11.5 Å². The van der Waals surface area contributed by atoms with Gasteiger partial charge in [0, 0.05) is 24.6 Å². The zero-order chi connectivity index (χ0) is 21.2. The van der Waals surface area contributed by atoms with Crippen LogP contribution in [0.25, 0.3) is 11.2 Å². The minimum absolute atomic E-state index is 0.0427. The molecule has 0 atom stereocenters. The van der Waals surface area contributed by atoms with Crippen LogP contribution < -0.4 is 5.56 Å². The van der Waals surface area contributed by atoms with Gasteiger partial charge in [-0.15, -0.1) is 5.10 Å². The summed E-state index contributed by atoms with van der Waals surface area (Å²) in [6.45, 7) is 1.75. The third kappa shape index (κ3) is 3.84. The highest BCUT2D eigenvalue weighted by Crippen LogP contribution is 2.26. The predicted molar refractivity (Wildman–Crippen MR) is 116 cm³/mol. The highest BCUT2D eigenvalue weighted by molar-refractivity contribution is 5.94. The molecule has 0 spiro atoms. The van der Waals surface area contributed by atoms with Crippen LogP contribution in [0.2, 0.25) is 0 Å². The van der Waals surface area contributed by atoms with E-state index in [4.69, 9.17) is 4.98 Å². The number of aromatic nitrogens is 5. The average Bonchev–Trinajstić information content (AvgIpc) is 3.23. The van der Waals surface area contributed by atoms with Crippen molar-refractivity contribution in [3.63, 3.8) is 0 Å². The second-order valence-electron chi connectivity index (χ2n) is 7.79. The van der Waals surface area contributed by atoms with Crippen molar-refractivity contribution in [2.45, 2.75) is 25.3 Å². The number of fused-ring (bicyclic) bond motifs is 1. The van der Waals surface area contributed by atoms with Crippen molar-refractivity contribution >= 4 is 17.1 Å². The molecule has 1 fully saturated rings. The Bertz CT molecular complexity index is 1260. The molecule has 0 bridgehead atoms. The third-order valence-electron chi connectivity index (χ3n) is 5.76. The summed E-state index contributed by atoms with van der Waals surface area (Å²) in [5, 5.41) is 8.16. The van der Waals surface area contributed by atoms with Crippen LogP contribution in [0, 0.1) is 0 Å². The molecule has 3 heterocycles. The van der Waals surface area contributed by atoms with Crippen LogP contribution in [-0.4, -0.2) is 48.9 Å². The molecule has 5 rings (SSSR count). The topological polar surface area (TPSA) is 96.8 Å². The smallest absolute Gasteiger partial charge is 0.281 e. The summed E-state index contributed by atoms with van der Waals surface area (Å²) in [5.74, 6) is 0.763. The van der Waals surface area contributed by atoms with Crippen LogP contribution in [0.5, 0.6) is 0 Å². The Morgan fingerprint density at radius 3 is 2.39 bits per heavy atom. The summed E-state index contributed by atoms with van der Waals surface area (Å²) in [6.07, 6.45) is 1.49. The molecular formula is C23H22N6O2. The van der Waals surface area contributed by atoms with Gasteiger partial charge in [0.2, 0.25) is 0 Å². The van der Waals surface area contributed by atoms with Gasteiger partial charge in [0.1, 0.15) is 5.82 Å². The number of hydrogen-bond donors (Lipinski definition) is 1. The molecule has 8 nitrogen and oxygen atoms in total. The van der Waals surface area contributed by atoms with E-state index in [9.17, 15) is 9.59 Å². The molecule has 0 saturated carbocycles. The van der Waals surface area contributed by atoms with E-state index < -0.39 is 0 Å². The molecule has 156 valence electrons. The number of nitrogens with one attached hydrogen (secondary N) is 1. The Kier molecular flexibility index (Phi) is 5.03. The number of amides is 1. The van der Waals surface area contributed by atoms with Gasteiger partial charge in [-0.2, -0.15) is 0 Å². The molecule has 2 aromatic carbocycles. The first-order valence-corrected chi connectivity index (χ1v) is 10.4. The summed E-state index contributed by atoms with van der Waals surface area (Å²) in [7, 11) is 0. The van der Waals surface area contributed by atoms with E-state index in [2.05, 4.69) is 15.3 Å². The van der Waals surface area contributed by atoms with Crippen LogP contribution in [0.15, 0.2) is 65.5 Å². The molecule has 31 heavy (non-hydrogen) atoms. The molecule has 1 aliphatic rings. The van der Waals surface area contributed by atoms with Gasteiger partial charge in [-0.25, -0.2) is 9.67 Å². The lowest BCUT2D eigenvalue weighted by Gasteiger charge is -2.31. The lowest BCUT2D eigenvalue weighted by molar-refractivity contribution is 0.0711. The SMILES string of the molecule is O=C(c1ccccc1)N1CCC(c2nc3c(nnn3Cc3ccccc3)c(=O)[nH]2)CC1. The van der Waals surface area contributed by atoms with Gasteiger partial charge in [-0.1, -0.05) is 53.7 Å². The summed E-state index contributed by atoms with van der Waals surface area (Å²) < 4.78 is 1.66. The Morgan fingerprint density at radius 2 is 1.68 bits per heavy atom. The molecule has 4 aromatic rings. The van der Waals surface area contributed by atoms with Gasteiger partial charge >= 0.3 is 0 Å². The summed E-state index contributed by atoms with van der Waals surface area (Å²) >= 11 is 0. The molecule has 2 aromatic heterocycles. The number of carbonyl (C=O) groups is 1. The fraction of sp³-hybridized carbons (Fsp3) is 0.261. The van der Waals surface area contributed by atoms with Crippen molar-refractivity contribution in [3.05, 3.63) is 88.0 Å². The average molecular weight is 414 g/mol. The van der Waals surface area contributed by atoms with Gasteiger partial charge in [0.15, 0.2) is 11.2 Å². The maximum atomic E-state index is 12.7. The number of carbonyl (C=O) groups excluding carboxylic acids is 1. The molecule has 0 radical (unpaired) electrons. The van der Waals surface area contributed by atoms with Gasteiger partial charge in [0.05, 0.1) is 6.54 Å². The first kappa shape index (κ1) is 19.2. The number of hydrogen-bond acceptors (Lipinski definition) is 5. The Morgan fingerprint density at radius 1 is 1.00 bits per heavy atom. The van der Waals surface area contributed by atoms with Crippen LogP contribution >= 0.6 is 0 Å². The first-order valence-electron chi connectivity index (χ1n) is 10.4. The number of aromatic amines is 1. The van der Waals surface area contributed by atoms with Crippen LogP contribution in [0.4, 0.5) is 0 Å². The van der Waals surface area contributed by atoms with Crippen LogP contribution in [0.1, 0.15) is 40.5 Å². The van der Waals surface area contributed by atoms with E-state index in [-0.39, 0.29) is 22.9 Å². The Hall–Kier alpha value is -3.81. The summed E-state index contributed by atoms with van der Waals surface area (Å²) in [6, 6.07) is 19.2. The monoisotopic (exact) mass is 414 g/mol. The van der Waals surface area contributed by atoms with Gasteiger partial charge in [-0.3, -0.25) is 9.59 Å². The minimum Gasteiger partial charge on any atom is -0.339 e. The Balaban J connectivity index is 1.35. The minimum atomic E-state index is -0.276. The van der Waals surface area contributed by atoms with E-state index in [1.807, 2.05) is 65.6 Å². The highest BCUT2D eigenvalue weighted by Gasteiger charge is 2.27. The third-order valence-corrected chi connectivity index (χ3v) is 5.76. The number of benzene rings is 2. The normalized spacial score (nSPS) is 14.8. The standard InChI is InChI=1S/C23H22N6O2/c30-22-19-21(29(27-26-19)15-16-7-3-1-4-8-16)24-20(25-22)17-11-13-28(14-12-17)23(31)18-9-5-2-6-10-18/h1-10,17H,11-15H2,(H,24,25,30). The number of piperidine rings is 1. The second kappa shape index (κ2) is 8.14. The summed E-state index contributed by atoms with van der Waals surface area (Å²) in [5.41, 5.74) is 2.22. The maximum Gasteiger partial charge on any atom is 0.281 e. The molecule has 0 unspecified atom stereocenters. The van der Waals surface area contributed by atoms with E-state index in [0.29, 0.717) is 36.7 Å². The lowest BCUT2D eigenvalue weighted by atomic mass is 9.95. The van der Waals surface area contributed by atoms with Crippen molar-refractivity contribution in [2.75, 3.05) is 13.1 Å². The summed E-state index contributed by atoms with van der Waals surface area (Å²) in [4.78, 5) is 34.8. The van der Waals surface area contributed by atoms with Crippen LogP contribution in [-0.2, 0) is 6.54 Å². The van der Waals surface area contributed by atoms with Crippen molar-refractivity contribution in [1.82, 2.24) is 29.9 Å². The van der Waals surface area contributed by atoms with E-state index in [1.54, 1.807) is 4.68 Å². The zero-order valence-electron chi connectivity index (χ0n) is 16.9. The van der Waals surface area contributed by atoms with Crippen molar-refractivity contribution < 1.29 is 4.79 Å². The molecule has 1 amide bonds. The lowest BCUT2D eigenvalue weighted by Crippen LogP contribution is -2.38. The number of nitrogens with zero attached hydrogens (tertiary/aromatic N) is 5.